The van der Waals surface area contributed by atoms with Gasteiger partial charge in [-0.25, -0.2) is 0 Å². The van der Waals surface area contributed by atoms with Crippen LogP contribution in [0.1, 0.15) is 38.7 Å². The SMILES string of the molecule is CC(C)N(Cc1ccccc1)C(=O)CCN1C(=O)CCC1=O. The van der Waals surface area contributed by atoms with Gasteiger partial charge in [-0.1, -0.05) is 30.3 Å². The van der Waals surface area contributed by atoms with E-state index in [0.717, 1.165) is 5.56 Å². The summed E-state index contributed by atoms with van der Waals surface area (Å²) in [5.74, 6) is -0.375. The van der Waals surface area contributed by atoms with E-state index in [1.807, 2.05) is 44.2 Å². The van der Waals surface area contributed by atoms with Gasteiger partial charge in [0.1, 0.15) is 0 Å². The smallest absolute Gasteiger partial charge is 0.229 e. The van der Waals surface area contributed by atoms with E-state index in [2.05, 4.69) is 0 Å². The molecule has 0 unspecified atom stereocenters. The van der Waals surface area contributed by atoms with Crippen molar-refractivity contribution in [2.45, 2.75) is 45.7 Å². The van der Waals surface area contributed by atoms with E-state index >= 15 is 0 Å². The number of carbonyl (C=O) groups is 3. The Kier molecular flexibility index (Phi) is 5.31. The minimum Gasteiger partial charge on any atom is -0.336 e. The first-order valence-corrected chi connectivity index (χ1v) is 7.65. The van der Waals surface area contributed by atoms with Crippen molar-refractivity contribution in [1.29, 1.82) is 0 Å². The lowest BCUT2D eigenvalue weighted by molar-refractivity contribution is -0.139. The average molecular weight is 302 g/mol. The lowest BCUT2D eigenvalue weighted by Gasteiger charge is -2.27. The van der Waals surface area contributed by atoms with Crippen LogP contribution in [-0.2, 0) is 20.9 Å². The van der Waals surface area contributed by atoms with E-state index in [1.165, 1.54) is 4.90 Å². The first-order chi connectivity index (χ1) is 10.5. The summed E-state index contributed by atoms with van der Waals surface area (Å²) in [6, 6.07) is 9.86. The Morgan fingerprint density at radius 3 is 2.27 bits per heavy atom. The standard InChI is InChI=1S/C17H22N2O3/c1-13(2)19(12-14-6-4-3-5-7-14)17(22)10-11-18-15(20)8-9-16(18)21/h3-7,13H,8-12H2,1-2H3. The molecule has 1 heterocycles. The van der Waals surface area contributed by atoms with E-state index < -0.39 is 0 Å². The number of rotatable bonds is 6. The van der Waals surface area contributed by atoms with Crippen LogP contribution in [0.25, 0.3) is 0 Å². The third-order valence-corrected chi connectivity index (χ3v) is 3.84. The molecule has 1 aliphatic rings. The summed E-state index contributed by atoms with van der Waals surface area (Å²) in [5, 5.41) is 0. The fourth-order valence-corrected chi connectivity index (χ4v) is 2.56. The fourth-order valence-electron chi connectivity index (χ4n) is 2.56. The van der Waals surface area contributed by atoms with E-state index in [-0.39, 0.29) is 49.6 Å². The van der Waals surface area contributed by atoms with Crippen molar-refractivity contribution >= 4 is 17.7 Å². The second-order valence-corrected chi connectivity index (χ2v) is 5.79. The molecule has 1 saturated heterocycles. The number of amides is 3. The molecular weight excluding hydrogens is 280 g/mol. The summed E-state index contributed by atoms with van der Waals surface area (Å²) in [4.78, 5) is 38.6. The van der Waals surface area contributed by atoms with Gasteiger partial charge in [0.25, 0.3) is 0 Å². The highest BCUT2D eigenvalue weighted by molar-refractivity contribution is 6.02. The van der Waals surface area contributed by atoms with E-state index in [1.54, 1.807) is 4.90 Å². The molecular formula is C17H22N2O3. The summed E-state index contributed by atoms with van der Waals surface area (Å²) >= 11 is 0. The maximum atomic E-state index is 12.4. The minimum absolute atomic E-state index is 0.0358. The zero-order valence-electron chi connectivity index (χ0n) is 13.1. The maximum Gasteiger partial charge on any atom is 0.229 e. The quantitative estimate of drug-likeness (QED) is 0.755. The predicted octanol–water partition coefficient (Wildman–Crippen LogP) is 1.96. The van der Waals surface area contributed by atoms with Crippen LogP contribution in [0.5, 0.6) is 0 Å². The van der Waals surface area contributed by atoms with Crippen LogP contribution in [0, 0.1) is 0 Å². The number of imide groups is 1. The number of nitrogens with zero attached hydrogens (tertiary/aromatic N) is 2. The number of likely N-dealkylation sites (tertiary alicyclic amines) is 1. The molecule has 118 valence electrons. The van der Waals surface area contributed by atoms with Gasteiger partial charge in [-0.3, -0.25) is 19.3 Å². The van der Waals surface area contributed by atoms with Crippen LogP contribution >= 0.6 is 0 Å². The van der Waals surface area contributed by atoms with Gasteiger partial charge in [0.15, 0.2) is 0 Å². The van der Waals surface area contributed by atoms with Crippen LogP contribution in [0.4, 0.5) is 0 Å². The predicted molar refractivity (Wildman–Crippen MR) is 82.7 cm³/mol. The van der Waals surface area contributed by atoms with E-state index in [4.69, 9.17) is 0 Å². The molecule has 5 nitrogen and oxygen atoms in total. The summed E-state index contributed by atoms with van der Waals surface area (Å²) < 4.78 is 0. The van der Waals surface area contributed by atoms with Gasteiger partial charge in [-0.15, -0.1) is 0 Å². The Labute approximate surface area is 130 Å². The van der Waals surface area contributed by atoms with Crippen molar-refractivity contribution in [3.05, 3.63) is 35.9 Å². The average Bonchev–Trinajstić information content (AvgIpc) is 2.82. The zero-order valence-corrected chi connectivity index (χ0v) is 13.1. The Balaban J connectivity index is 1.95. The Bertz CT molecular complexity index is 538. The highest BCUT2D eigenvalue weighted by Gasteiger charge is 2.29. The van der Waals surface area contributed by atoms with Crippen LogP contribution in [0.2, 0.25) is 0 Å². The summed E-state index contributed by atoms with van der Waals surface area (Å²) in [7, 11) is 0. The third-order valence-electron chi connectivity index (χ3n) is 3.84. The van der Waals surface area contributed by atoms with Crippen LogP contribution in [0.3, 0.4) is 0 Å². The van der Waals surface area contributed by atoms with Crippen LogP contribution in [-0.4, -0.2) is 40.1 Å². The van der Waals surface area contributed by atoms with Crippen molar-refractivity contribution in [2.24, 2.45) is 0 Å². The molecule has 0 atom stereocenters. The van der Waals surface area contributed by atoms with Crippen molar-refractivity contribution in [3.8, 4) is 0 Å². The molecule has 1 aliphatic heterocycles. The van der Waals surface area contributed by atoms with Crippen LogP contribution in [0.15, 0.2) is 30.3 Å². The lowest BCUT2D eigenvalue weighted by atomic mass is 10.1. The van der Waals surface area contributed by atoms with Gasteiger partial charge in [-0.05, 0) is 19.4 Å². The third kappa shape index (κ3) is 3.93. The zero-order chi connectivity index (χ0) is 16.1. The molecule has 0 spiro atoms. The molecule has 1 aromatic rings. The highest BCUT2D eigenvalue weighted by Crippen LogP contribution is 2.14. The number of hydrogen-bond acceptors (Lipinski definition) is 3. The van der Waals surface area contributed by atoms with Crippen molar-refractivity contribution < 1.29 is 14.4 Å². The van der Waals surface area contributed by atoms with E-state index in [0.29, 0.717) is 6.54 Å². The number of carbonyl (C=O) groups excluding carboxylic acids is 3. The number of hydrogen-bond donors (Lipinski definition) is 0. The van der Waals surface area contributed by atoms with Gasteiger partial charge in [-0.2, -0.15) is 0 Å². The molecule has 3 amide bonds. The van der Waals surface area contributed by atoms with Crippen LogP contribution < -0.4 is 0 Å². The topological polar surface area (TPSA) is 57.7 Å². The van der Waals surface area contributed by atoms with Gasteiger partial charge >= 0.3 is 0 Å². The van der Waals surface area contributed by atoms with Crippen molar-refractivity contribution in [1.82, 2.24) is 9.80 Å². The highest BCUT2D eigenvalue weighted by atomic mass is 16.2. The van der Waals surface area contributed by atoms with Gasteiger partial charge < -0.3 is 4.90 Å². The van der Waals surface area contributed by atoms with Crippen molar-refractivity contribution in [3.63, 3.8) is 0 Å². The molecule has 22 heavy (non-hydrogen) atoms. The lowest BCUT2D eigenvalue weighted by Crippen LogP contribution is -2.39. The van der Waals surface area contributed by atoms with Gasteiger partial charge in [0, 0.05) is 38.4 Å². The Morgan fingerprint density at radius 1 is 1.14 bits per heavy atom. The molecule has 5 heteroatoms. The van der Waals surface area contributed by atoms with Gasteiger partial charge in [0.2, 0.25) is 17.7 Å². The molecule has 1 fully saturated rings. The van der Waals surface area contributed by atoms with E-state index in [9.17, 15) is 14.4 Å². The monoisotopic (exact) mass is 302 g/mol. The summed E-state index contributed by atoms with van der Waals surface area (Å²) in [6.45, 7) is 4.66. The largest absolute Gasteiger partial charge is 0.336 e. The minimum atomic E-state index is -0.169. The second-order valence-electron chi connectivity index (χ2n) is 5.79. The molecule has 0 bridgehead atoms. The van der Waals surface area contributed by atoms with Crippen molar-refractivity contribution in [2.75, 3.05) is 6.54 Å². The summed E-state index contributed by atoms with van der Waals surface area (Å²) in [5.41, 5.74) is 1.07. The normalized spacial score (nSPS) is 14.8. The molecule has 0 aliphatic carbocycles. The Hall–Kier alpha value is -2.17. The summed E-state index contributed by atoms with van der Waals surface area (Å²) in [6.07, 6.45) is 0.721. The molecule has 0 radical (unpaired) electrons. The molecule has 0 saturated carbocycles. The fraction of sp³-hybridized carbons (Fsp3) is 0.471. The number of benzene rings is 1. The molecule has 2 rings (SSSR count). The first kappa shape index (κ1) is 16.2. The molecule has 0 N–H and O–H groups in total. The Morgan fingerprint density at radius 2 is 1.73 bits per heavy atom. The molecule has 0 aromatic heterocycles. The second kappa shape index (κ2) is 7.20. The molecule has 1 aromatic carbocycles. The maximum absolute atomic E-state index is 12.4. The van der Waals surface area contributed by atoms with Gasteiger partial charge in [0.05, 0.1) is 0 Å². The first-order valence-electron chi connectivity index (χ1n) is 7.65.